The molecular weight excluding hydrogens is 621 g/mol. The van der Waals surface area contributed by atoms with E-state index in [1.807, 2.05) is 18.2 Å². The summed E-state index contributed by atoms with van der Waals surface area (Å²) in [5, 5.41) is 9.14. The van der Waals surface area contributed by atoms with E-state index in [0.717, 1.165) is 44.7 Å². The Morgan fingerprint density at radius 2 is 1.80 bits per heavy atom. The molecule has 0 saturated carbocycles. The number of anilines is 3. The molecule has 2 fully saturated rings. The summed E-state index contributed by atoms with van der Waals surface area (Å²) in [6.45, 7) is 7.45. The second-order valence-electron chi connectivity index (χ2n) is 11.8. The van der Waals surface area contributed by atoms with Crippen LogP contribution >= 0.6 is 11.3 Å². The van der Waals surface area contributed by atoms with Gasteiger partial charge in [0.25, 0.3) is 5.56 Å². The van der Waals surface area contributed by atoms with Crippen LogP contribution in [0.2, 0.25) is 0 Å². The van der Waals surface area contributed by atoms with Crippen LogP contribution in [0.1, 0.15) is 18.4 Å². The van der Waals surface area contributed by atoms with Gasteiger partial charge in [-0.25, -0.2) is 13.4 Å². The molecule has 2 aromatic carbocycles. The third-order valence-corrected chi connectivity index (χ3v) is 12.1. The molecule has 7 rings (SSSR count). The lowest BCUT2D eigenvalue weighted by Gasteiger charge is -2.29. The largest absolute Gasteiger partial charge is 0.381 e. The van der Waals surface area contributed by atoms with Gasteiger partial charge in [0.2, 0.25) is 15.8 Å². The van der Waals surface area contributed by atoms with Crippen LogP contribution in [0.4, 0.5) is 17.3 Å². The zero-order chi connectivity index (χ0) is 31.7. The summed E-state index contributed by atoms with van der Waals surface area (Å²) in [7, 11) is -3.73. The molecule has 0 amide bonds. The highest BCUT2D eigenvalue weighted by Crippen LogP contribution is 2.33. The minimum absolute atomic E-state index is 0.196. The molecule has 2 aliphatic heterocycles. The molecule has 2 aliphatic rings. The number of thiophene rings is 1. The maximum Gasteiger partial charge on any atom is 0.260 e. The highest BCUT2D eigenvalue weighted by Gasteiger charge is 2.25. The predicted molar refractivity (Wildman–Crippen MR) is 182 cm³/mol. The van der Waals surface area contributed by atoms with E-state index in [9.17, 15) is 13.2 Å². The highest BCUT2D eigenvalue weighted by atomic mass is 32.2. The number of rotatable bonds is 8. The number of aromatic nitrogens is 3. The zero-order valence-electron chi connectivity index (χ0n) is 25.6. The van der Waals surface area contributed by atoms with Crippen molar-refractivity contribution in [3.63, 3.8) is 0 Å². The monoisotopic (exact) mass is 656 g/mol. The number of pyridine rings is 1. The summed E-state index contributed by atoms with van der Waals surface area (Å²) < 4.78 is 34.6. The SMILES string of the molecule is Cc1c(-c2cc3cnc(Nc4ccc(N5CCNCC5)cc4)nc3n(CC3CCOCC3)c2=O)cccc1S(=O)(=O)c1cccs1. The van der Waals surface area contributed by atoms with Crippen molar-refractivity contribution in [3.8, 4) is 11.1 Å². The van der Waals surface area contributed by atoms with E-state index in [-0.39, 0.29) is 20.6 Å². The number of piperazine rings is 1. The van der Waals surface area contributed by atoms with Gasteiger partial charge in [0, 0.05) is 74.5 Å². The number of sulfone groups is 1. The molecule has 5 aromatic rings. The second-order valence-corrected chi connectivity index (χ2v) is 14.9. The first-order valence-electron chi connectivity index (χ1n) is 15.6. The van der Waals surface area contributed by atoms with E-state index < -0.39 is 9.84 Å². The lowest BCUT2D eigenvalue weighted by molar-refractivity contribution is 0.0613. The fourth-order valence-electron chi connectivity index (χ4n) is 6.30. The van der Waals surface area contributed by atoms with Crippen molar-refractivity contribution in [3.05, 3.63) is 88.2 Å². The average Bonchev–Trinajstić information content (AvgIpc) is 3.64. The highest BCUT2D eigenvalue weighted by molar-refractivity contribution is 7.93. The van der Waals surface area contributed by atoms with Crippen LogP contribution < -0.4 is 21.1 Å². The first-order valence-corrected chi connectivity index (χ1v) is 17.9. The minimum Gasteiger partial charge on any atom is -0.381 e. The molecule has 0 aliphatic carbocycles. The molecule has 0 unspecified atom stereocenters. The Labute approximate surface area is 272 Å². The lowest BCUT2D eigenvalue weighted by atomic mass is 9.98. The summed E-state index contributed by atoms with van der Waals surface area (Å²) >= 11 is 1.18. The van der Waals surface area contributed by atoms with E-state index in [2.05, 4.69) is 32.7 Å². The molecular formula is C34H36N6O4S2. The molecule has 2 N–H and O–H groups in total. The Hall–Kier alpha value is -4.10. The van der Waals surface area contributed by atoms with Crippen molar-refractivity contribution in [2.24, 2.45) is 5.92 Å². The molecule has 0 bridgehead atoms. The first kappa shape index (κ1) is 30.5. The Morgan fingerprint density at radius 3 is 2.54 bits per heavy atom. The van der Waals surface area contributed by atoms with Gasteiger partial charge >= 0.3 is 0 Å². The number of hydrogen-bond donors (Lipinski definition) is 2. The van der Waals surface area contributed by atoms with E-state index in [1.54, 1.807) is 53.4 Å². The van der Waals surface area contributed by atoms with Gasteiger partial charge in [0.15, 0.2) is 0 Å². The van der Waals surface area contributed by atoms with Crippen molar-refractivity contribution < 1.29 is 13.2 Å². The van der Waals surface area contributed by atoms with Crippen molar-refractivity contribution in [1.29, 1.82) is 0 Å². The number of benzene rings is 2. The molecule has 5 heterocycles. The molecule has 0 atom stereocenters. The first-order chi connectivity index (χ1) is 22.4. The molecule has 10 nitrogen and oxygen atoms in total. The maximum atomic E-state index is 14.4. The minimum atomic E-state index is -3.73. The Kier molecular flexibility index (Phi) is 8.60. The summed E-state index contributed by atoms with van der Waals surface area (Å²) in [6.07, 6.45) is 3.42. The van der Waals surface area contributed by atoms with Crippen LogP contribution in [-0.2, 0) is 21.1 Å². The Morgan fingerprint density at radius 1 is 1.02 bits per heavy atom. The quantitative estimate of drug-likeness (QED) is 0.231. The maximum absolute atomic E-state index is 14.4. The van der Waals surface area contributed by atoms with Crippen molar-refractivity contribution >= 4 is 49.5 Å². The third kappa shape index (κ3) is 6.05. The smallest absolute Gasteiger partial charge is 0.260 e. The van der Waals surface area contributed by atoms with Crippen LogP contribution in [0.3, 0.4) is 0 Å². The number of ether oxygens (including phenoxy) is 1. The van der Waals surface area contributed by atoms with E-state index in [1.165, 1.54) is 17.0 Å². The van der Waals surface area contributed by atoms with Gasteiger partial charge in [-0.15, -0.1) is 11.3 Å². The molecule has 0 spiro atoms. The van der Waals surface area contributed by atoms with Crippen LogP contribution in [-0.4, -0.2) is 62.3 Å². The van der Waals surface area contributed by atoms with Crippen LogP contribution in [0.5, 0.6) is 0 Å². The molecule has 2 saturated heterocycles. The molecule has 46 heavy (non-hydrogen) atoms. The van der Waals surface area contributed by atoms with Crippen LogP contribution in [0, 0.1) is 12.8 Å². The number of hydrogen-bond acceptors (Lipinski definition) is 10. The van der Waals surface area contributed by atoms with Crippen molar-refractivity contribution in [2.75, 3.05) is 49.6 Å². The van der Waals surface area contributed by atoms with E-state index >= 15 is 0 Å². The lowest BCUT2D eigenvalue weighted by Crippen LogP contribution is -2.43. The number of nitrogens with one attached hydrogen (secondary N) is 2. The standard InChI is InChI=1S/C34H36N6O4S2/c1-23-28(4-2-5-30(23)46(42,43)31-6-3-19-45-31)29-20-25-21-36-34(37-26-7-9-27(10-8-26)39-15-13-35-14-16-39)38-32(25)40(33(29)41)22-24-11-17-44-18-12-24/h2-10,19-21,24,35H,11-18,22H2,1H3,(H,36,37,38). The summed E-state index contributed by atoms with van der Waals surface area (Å²) in [5.74, 6) is 0.649. The summed E-state index contributed by atoms with van der Waals surface area (Å²) in [6, 6.07) is 18.5. The van der Waals surface area contributed by atoms with Gasteiger partial charge in [0.1, 0.15) is 9.86 Å². The van der Waals surface area contributed by atoms with Gasteiger partial charge in [-0.3, -0.25) is 9.36 Å². The second kappa shape index (κ2) is 13.0. The number of fused-ring (bicyclic) bond motifs is 1. The summed E-state index contributed by atoms with van der Waals surface area (Å²) in [5.41, 5.74) is 3.89. The van der Waals surface area contributed by atoms with Gasteiger partial charge in [-0.05, 0) is 84.7 Å². The van der Waals surface area contributed by atoms with Gasteiger partial charge < -0.3 is 20.3 Å². The molecule has 238 valence electrons. The Balaban J connectivity index is 1.27. The third-order valence-electron chi connectivity index (χ3n) is 8.84. The summed E-state index contributed by atoms with van der Waals surface area (Å²) in [4.78, 5) is 26.4. The molecule has 12 heteroatoms. The van der Waals surface area contributed by atoms with E-state index in [0.29, 0.717) is 53.4 Å². The van der Waals surface area contributed by atoms with Gasteiger partial charge in [-0.2, -0.15) is 4.98 Å². The van der Waals surface area contributed by atoms with Crippen molar-refractivity contribution in [1.82, 2.24) is 19.9 Å². The molecule has 0 radical (unpaired) electrons. The zero-order valence-corrected chi connectivity index (χ0v) is 27.2. The normalized spacial score (nSPS) is 16.2. The van der Waals surface area contributed by atoms with Crippen molar-refractivity contribution in [2.45, 2.75) is 35.4 Å². The number of nitrogens with zero attached hydrogens (tertiary/aromatic N) is 4. The van der Waals surface area contributed by atoms with E-state index in [4.69, 9.17) is 9.72 Å². The predicted octanol–water partition coefficient (Wildman–Crippen LogP) is 5.24. The topological polar surface area (TPSA) is 118 Å². The Bertz CT molecular complexity index is 2020. The van der Waals surface area contributed by atoms with Gasteiger partial charge in [-0.1, -0.05) is 18.2 Å². The average molecular weight is 657 g/mol. The van der Waals surface area contributed by atoms with Gasteiger partial charge in [0.05, 0.1) is 4.90 Å². The molecule has 3 aromatic heterocycles. The fourth-order valence-corrected chi connectivity index (χ4v) is 8.93. The fraction of sp³-hybridized carbons (Fsp3) is 0.324. The van der Waals surface area contributed by atoms with Crippen LogP contribution in [0.15, 0.2) is 86.1 Å². The van der Waals surface area contributed by atoms with Crippen LogP contribution in [0.25, 0.3) is 22.2 Å².